The minimum Gasteiger partial charge on any atom is -0.772 e. The molecule has 1 saturated carbocycles. The average Bonchev–Trinajstić information content (AvgIpc) is 2.08. The molecule has 54 valence electrons. The first-order chi connectivity index (χ1) is 3.90. The molecule has 0 radical (unpaired) electrons. The third-order valence-corrected chi connectivity index (χ3v) is 4.13. The van der Waals surface area contributed by atoms with Crippen LogP contribution in [0.15, 0.2) is 0 Å². The summed E-state index contributed by atoms with van der Waals surface area (Å²) in [6.45, 7) is 1.52. The fourth-order valence-electron chi connectivity index (χ4n) is 0.560. The molecule has 2 atom stereocenters. The van der Waals surface area contributed by atoms with E-state index in [0.717, 1.165) is 0 Å². The molecule has 0 saturated heterocycles. The minimum atomic E-state index is -2.16. The van der Waals surface area contributed by atoms with Crippen molar-refractivity contribution in [3.63, 3.8) is 0 Å². The predicted molar refractivity (Wildman–Crippen MR) is 36.4 cm³/mol. The lowest BCUT2D eigenvalue weighted by Crippen LogP contribution is -2.18. The molecule has 2 unspecified atom stereocenters. The smallest absolute Gasteiger partial charge is 0.135 e. The maximum atomic E-state index is 10.3. The topological polar surface area (TPSA) is 40.1 Å². The van der Waals surface area contributed by atoms with Gasteiger partial charge in [-0.1, -0.05) is 0 Å². The highest BCUT2D eigenvalue weighted by molar-refractivity contribution is 7.81. The van der Waals surface area contributed by atoms with Crippen molar-refractivity contribution in [3.8, 4) is 0 Å². The first-order valence-electron chi connectivity index (χ1n) is 2.37. The van der Waals surface area contributed by atoms with Crippen LogP contribution in [0.1, 0.15) is 13.3 Å². The SMILES string of the molecule is CC1(S(=O)[O-])CC1(Cl)Cl. The number of hydrogen-bond acceptors (Lipinski definition) is 2. The predicted octanol–water partition coefficient (Wildman–Crippen LogP) is 1.20. The Hall–Kier alpha value is 0.690. The number of halogens is 2. The number of rotatable bonds is 1. The van der Waals surface area contributed by atoms with Gasteiger partial charge in [0.15, 0.2) is 0 Å². The first kappa shape index (κ1) is 7.79. The van der Waals surface area contributed by atoms with Gasteiger partial charge in [0.25, 0.3) is 0 Å². The molecule has 1 aliphatic rings. The second kappa shape index (κ2) is 1.84. The summed E-state index contributed by atoms with van der Waals surface area (Å²) in [5, 5.41) is 0. The summed E-state index contributed by atoms with van der Waals surface area (Å²) in [5.74, 6) is 0. The van der Waals surface area contributed by atoms with Crippen LogP contribution in [0.3, 0.4) is 0 Å². The molecule has 0 aromatic heterocycles. The third-order valence-electron chi connectivity index (χ3n) is 1.58. The lowest BCUT2D eigenvalue weighted by molar-refractivity contribution is 0.522. The number of hydrogen-bond donors (Lipinski definition) is 0. The standard InChI is InChI=1S/C4H6Cl2O2S/c1-3(9(7)8)2-4(3,5)6/h2H2,1H3,(H,7,8)/p-1. The van der Waals surface area contributed by atoms with Crippen molar-refractivity contribution in [2.24, 2.45) is 0 Å². The van der Waals surface area contributed by atoms with Crippen LogP contribution in [0, 0.1) is 0 Å². The van der Waals surface area contributed by atoms with Gasteiger partial charge in [0.2, 0.25) is 0 Å². The Balaban J connectivity index is 2.74. The summed E-state index contributed by atoms with van der Waals surface area (Å²) in [6, 6.07) is 0. The van der Waals surface area contributed by atoms with Crippen molar-refractivity contribution in [1.82, 2.24) is 0 Å². The summed E-state index contributed by atoms with van der Waals surface area (Å²) in [5.41, 5.74) is 0. The molecule has 0 heterocycles. The first-order valence-corrected chi connectivity index (χ1v) is 4.20. The molecule has 9 heavy (non-hydrogen) atoms. The van der Waals surface area contributed by atoms with E-state index < -0.39 is 20.2 Å². The van der Waals surface area contributed by atoms with E-state index in [1.54, 1.807) is 0 Å². The van der Waals surface area contributed by atoms with Crippen molar-refractivity contribution in [1.29, 1.82) is 0 Å². The van der Waals surface area contributed by atoms with E-state index in [4.69, 9.17) is 23.2 Å². The fraction of sp³-hybridized carbons (Fsp3) is 1.00. The van der Waals surface area contributed by atoms with Crippen molar-refractivity contribution in [2.45, 2.75) is 22.4 Å². The summed E-state index contributed by atoms with van der Waals surface area (Å²) < 4.78 is 18.7. The van der Waals surface area contributed by atoms with Gasteiger partial charge in [0, 0.05) is 6.42 Å². The van der Waals surface area contributed by atoms with Gasteiger partial charge in [0.05, 0.1) is 4.75 Å². The summed E-state index contributed by atoms with van der Waals surface area (Å²) in [4.78, 5) is 0. The number of alkyl halides is 2. The molecule has 0 aliphatic heterocycles. The van der Waals surface area contributed by atoms with Crippen molar-refractivity contribution < 1.29 is 8.76 Å². The van der Waals surface area contributed by atoms with E-state index in [2.05, 4.69) is 0 Å². The average molecular weight is 188 g/mol. The zero-order chi connectivity index (χ0) is 7.28. The van der Waals surface area contributed by atoms with Crippen LogP contribution in [0.2, 0.25) is 0 Å². The van der Waals surface area contributed by atoms with E-state index in [9.17, 15) is 8.76 Å². The fourth-order valence-corrected chi connectivity index (χ4v) is 2.21. The quantitative estimate of drug-likeness (QED) is 0.458. The van der Waals surface area contributed by atoms with Gasteiger partial charge in [-0.25, -0.2) is 0 Å². The summed E-state index contributed by atoms with van der Waals surface area (Å²) in [7, 11) is 0. The van der Waals surface area contributed by atoms with Crippen LogP contribution in [0.5, 0.6) is 0 Å². The van der Waals surface area contributed by atoms with Gasteiger partial charge in [-0.15, -0.1) is 23.2 Å². The third kappa shape index (κ3) is 1.00. The Morgan fingerprint density at radius 1 is 1.67 bits per heavy atom. The van der Waals surface area contributed by atoms with Gasteiger partial charge in [0.1, 0.15) is 4.33 Å². The molecular formula is C4H5Cl2O2S-. The van der Waals surface area contributed by atoms with Crippen molar-refractivity contribution in [3.05, 3.63) is 0 Å². The molecular weight excluding hydrogens is 183 g/mol. The molecule has 0 aromatic rings. The molecule has 5 heteroatoms. The van der Waals surface area contributed by atoms with E-state index in [0.29, 0.717) is 6.42 Å². The molecule has 0 bridgehead atoms. The monoisotopic (exact) mass is 187 g/mol. The van der Waals surface area contributed by atoms with Gasteiger partial charge >= 0.3 is 0 Å². The molecule has 0 spiro atoms. The molecule has 1 fully saturated rings. The summed E-state index contributed by atoms with van der Waals surface area (Å²) in [6.07, 6.45) is 0.333. The largest absolute Gasteiger partial charge is 0.772 e. The maximum Gasteiger partial charge on any atom is 0.135 e. The lowest BCUT2D eigenvalue weighted by atomic mass is 10.5. The van der Waals surface area contributed by atoms with Gasteiger partial charge in [-0.05, 0) is 18.0 Å². The van der Waals surface area contributed by atoms with Crippen LogP contribution in [0.4, 0.5) is 0 Å². The minimum absolute atomic E-state index is 0.333. The van der Waals surface area contributed by atoms with Crippen LogP contribution in [0.25, 0.3) is 0 Å². The lowest BCUT2D eigenvalue weighted by Gasteiger charge is -2.14. The highest BCUT2D eigenvalue weighted by Gasteiger charge is 2.64. The Labute approximate surface area is 65.8 Å². The molecule has 1 rings (SSSR count). The highest BCUT2D eigenvalue weighted by atomic mass is 35.5. The molecule has 1 aliphatic carbocycles. The van der Waals surface area contributed by atoms with Crippen LogP contribution in [-0.4, -0.2) is 17.8 Å². The maximum absolute atomic E-state index is 10.3. The van der Waals surface area contributed by atoms with Crippen molar-refractivity contribution >= 4 is 34.3 Å². The van der Waals surface area contributed by atoms with E-state index in [1.807, 2.05) is 0 Å². The van der Waals surface area contributed by atoms with Gasteiger partial charge in [-0.2, -0.15) is 0 Å². The summed E-state index contributed by atoms with van der Waals surface area (Å²) >= 11 is 8.88. The van der Waals surface area contributed by atoms with E-state index in [1.165, 1.54) is 6.92 Å². The van der Waals surface area contributed by atoms with E-state index >= 15 is 0 Å². The zero-order valence-electron chi connectivity index (χ0n) is 4.69. The molecule has 0 amide bonds. The zero-order valence-corrected chi connectivity index (χ0v) is 7.02. The van der Waals surface area contributed by atoms with Gasteiger partial charge < -0.3 is 4.55 Å². The second-order valence-corrected chi connectivity index (χ2v) is 5.20. The molecule has 0 N–H and O–H groups in total. The van der Waals surface area contributed by atoms with Crippen molar-refractivity contribution in [2.75, 3.05) is 0 Å². The van der Waals surface area contributed by atoms with Crippen LogP contribution in [-0.2, 0) is 11.1 Å². The van der Waals surface area contributed by atoms with Crippen LogP contribution < -0.4 is 0 Å². The Bertz CT molecular complexity index is 170. The van der Waals surface area contributed by atoms with Crippen LogP contribution >= 0.6 is 23.2 Å². The van der Waals surface area contributed by atoms with E-state index in [-0.39, 0.29) is 0 Å². The Morgan fingerprint density at radius 2 is 2.00 bits per heavy atom. The normalized spacial score (nSPS) is 42.2. The Morgan fingerprint density at radius 3 is 2.00 bits per heavy atom. The second-order valence-electron chi connectivity index (χ2n) is 2.35. The molecule has 2 nitrogen and oxygen atoms in total. The Kier molecular flexibility index (Phi) is 1.60. The van der Waals surface area contributed by atoms with Gasteiger partial charge in [-0.3, -0.25) is 4.21 Å². The highest BCUT2D eigenvalue weighted by Crippen LogP contribution is 2.59. The molecule has 0 aromatic carbocycles.